The SMILES string of the molecule is Cc1nc(=O)n(C[C@@H](F)CN2C3CCC2CC(OCc2cccc(F)c2)C3)c(=O)n1C.Cc1nc(=O)n(C[C@@H](F)COS(C)(=O)=O)c(=O)n1C.O=C(O)C(=O)O. The van der Waals surface area contributed by atoms with Crippen molar-refractivity contribution in [2.45, 2.75) is 89.8 Å². The van der Waals surface area contributed by atoms with Crippen LogP contribution in [0.5, 0.6) is 0 Å². The van der Waals surface area contributed by atoms with E-state index in [9.17, 15) is 40.8 Å². The molecule has 19 nitrogen and oxygen atoms in total. The number of rotatable bonds is 12. The number of aromatic nitrogens is 6. The van der Waals surface area contributed by atoms with E-state index in [0.29, 0.717) is 17.0 Å². The first-order valence-corrected chi connectivity index (χ1v) is 18.9. The monoisotopic (exact) mass is 819 g/mol. The largest absolute Gasteiger partial charge is 0.473 e. The van der Waals surface area contributed by atoms with Crippen LogP contribution < -0.4 is 22.8 Å². The van der Waals surface area contributed by atoms with Crippen molar-refractivity contribution < 1.29 is 50.3 Å². The van der Waals surface area contributed by atoms with Crippen LogP contribution in [0.2, 0.25) is 0 Å². The number of carboxylic acid groups (broad SMARTS) is 2. The highest BCUT2D eigenvalue weighted by Crippen LogP contribution is 2.37. The molecule has 2 aromatic heterocycles. The number of carbonyl (C=O) groups is 2. The fraction of sp³-hybridized carbons (Fsp3) is 0.576. The molecule has 3 aromatic rings. The third kappa shape index (κ3) is 13.1. The van der Waals surface area contributed by atoms with Gasteiger partial charge in [0, 0.05) is 32.7 Å². The molecule has 2 N–H and O–H groups in total. The Balaban J connectivity index is 0.000000286. The van der Waals surface area contributed by atoms with Crippen LogP contribution in [0.3, 0.4) is 0 Å². The summed E-state index contributed by atoms with van der Waals surface area (Å²) in [6.07, 6.45) is 1.23. The fourth-order valence-electron chi connectivity index (χ4n) is 6.09. The van der Waals surface area contributed by atoms with Crippen LogP contribution in [0.15, 0.2) is 43.4 Å². The number of piperidine rings is 1. The minimum atomic E-state index is -3.77. The van der Waals surface area contributed by atoms with Crippen molar-refractivity contribution in [2.24, 2.45) is 14.1 Å². The van der Waals surface area contributed by atoms with Crippen molar-refractivity contribution in [3.05, 3.63) is 89.2 Å². The van der Waals surface area contributed by atoms with Crippen molar-refractivity contribution in [3.8, 4) is 0 Å². The summed E-state index contributed by atoms with van der Waals surface area (Å²) in [5.41, 5.74) is -2.07. The Hall–Kier alpha value is -5.00. The van der Waals surface area contributed by atoms with E-state index in [0.717, 1.165) is 46.6 Å². The standard InChI is InChI=1S/C22H28F2N4O3.C9H14FN3O5S.C2H2O4/c1-14-25-21(29)28(22(30)26(14)2)12-17(24)11-27-18-6-7-19(27)10-20(9-18)31-13-15-4-3-5-16(23)8-15;1-6-11-8(14)13(9(15)12(6)2)4-7(10)5-18-19(3,16)17;3-1(4)2(5)6/h3-5,8,17-20H,6-7,9-13H2,1-2H3;7H,4-5H2,1-3H3;(H,3,4)(H,5,6)/t17-,18?,19?,20?;7-;/m01./s1. The molecule has 0 spiro atoms. The number of benzene rings is 1. The number of hydrogen-bond acceptors (Lipinski definition) is 13. The summed E-state index contributed by atoms with van der Waals surface area (Å²) in [7, 11) is -0.867. The molecular weight excluding hydrogens is 775 g/mol. The second kappa shape index (κ2) is 19.7. The van der Waals surface area contributed by atoms with E-state index in [1.54, 1.807) is 13.0 Å². The second-order valence-electron chi connectivity index (χ2n) is 13.2. The van der Waals surface area contributed by atoms with Crippen LogP contribution in [-0.4, -0.2) is 114 Å². The van der Waals surface area contributed by atoms with E-state index in [4.69, 9.17) is 24.5 Å². The molecule has 2 bridgehead atoms. The first-order valence-electron chi connectivity index (χ1n) is 17.1. The molecule has 1 aromatic carbocycles. The van der Waals surface area contributed by atoms with Crippen molar-refractivity contribution in [1.82, 2.24) is 33.1 Å². The van der Waals surface area contributed by atoms with Gasteiger partial charge >= 0.3 is 34.7 Å². The predicted octanol–water partition coefficient (Wildman–Crippen LogP) is -0.340. The van der Waals surface area contributed by atoms with Gasteiger partial charge in [-0.2, -0.15) is 18.4 Å². The van der Waals surface area contributed by atoms with Crippen LogP contribution >= 0.6 is 0 Å². The Bertz CT molecular complexity index is 2200. The molecule has 4 atom stereocenters. The highest BCUT2D eigenvalue weighted by molar-refractivity contribution is 7.85. The zero-order chi connectivity index (χ0) is 42.1. The van der Waals surface area contributed by atoms with Gasteiger partial charge < -0.3 is 14.9 Å². The van der Waals surface area contributed by atoms with Crippen LogP contribution in [0.1, 0.15) is 42.9 Å². The number of ether oxygens (including phenoxy) is 1. The number of halogens is 3. The van der Waals surface area contributed by atoms with E-state index in [-0.39, 0.29) is 42.9 Å². The lowest BCUT2D eigenvalue weighted by molar-refractivity contribution is -0.159. The molecule has 0 saturated carbocycles. The molecule has 23 heteroatoms. The Morgan fingerprint density at radius 1 is 0.857 bits per heavy atom. The average Bonchev–Trinajstić information content (AvgIpc) is 3.33. The quantitative estimate of drug-likeness (QED) is 0.175. The first-order chi connectivity index (χ1) is 26.1. The zero-order valence-electron chi connectivity index (χ0n) is 31.2. The summed E-state index contributed by atoms with van der Waals surface area (Å²) in [6.45, 7) is 1.89. The molecule has 2 aliphatic rings. The van der Waals surface area contributed by atoms with Gasteiger partial charge in [-0.3, -0.25) is 18.2 Å². The van der Waals surface area contributed by atoms with E-state index in [1.165, 1.54) is 37.7 Å². The number of hydrogen-bond donors (Lipinski definition) is 2. The van der Waals surface area contributed by atoms with Gasteiger partial charge in [0.1, 0.15) is 29.8 Å². The minimum absolute atomic E-state index is 0.0614. The normalized spacial score (nSPS) is 18.9. The van der Waals surface area contributed by atoms with Crippen LogP contribution in [-0.2, 0) is 62.4 Å². The molecule has 4 heterocycles. The van der Waals surface area contributed by atoms with E-state index < -0.39 is 70.3 Å². The van der Waals surface area contributed by atoms with Gasteiger partial charge in [-0.25, -0.2) is 51.1 Å². The summed E-state index contributed by atoms with van der Waals surface area (Å²) in [6, 6.07) is 6.82. The van der Waals surface area contributed by atoms with Gasteiger partial charge in [-0.1, -0.05) is 12.1 Å². The molecule has 2 aliphatic heterocycles. The fourth-order valence-corrected chi connectivity index (χ4v) is 6.49. The number of fused-ring (bicyclic) bond motifs is 2. The number of carboxylic acids is 2. The lowest BCUT2D eigenvalue weighted by atomic mass is 9.99. The van der Waals surface area contributed by atoms with Gasteiger partial charge in [0.25, 0.3) is 10.1 Å². The molecule has 2 fully saturated rings. The Kier molecular flexibility index (Phi) is 16.0. The van der Waals surface area contributed by atoms with Gasteiger partial charge in [0.05, 0.1) is 38.7 Å². The van der Waals surface area contributed by atoms with Crippen LogP contribution in [0, 0.1) is 19.7 Å². The third-order valence-corrected chi connectivity index (χ3v) is 9.58. The highest BCUT2D eigenvalue weighted by atomic mass is 32.2. The van der Waals surface area contributed by atoms with Crippen molar-refractivity contribution in [1.29, 1.82) is 0 Å². The molecule has 56 heavy (non-hydrogen) atoms. The lowest BCUT2D eigenvalue weighted by Gasteiger charge is -2.39. The molecule has 5 rings (SSSR count). The number of aliphatic carboxylic acids is 2. The third-order valence-electron chi connectivity index (χ3n) is 9.02. The maximum absolute atomic E-state index is 14.9. The van der Waals surface area contributed by atoms with E-state index in [2.05, 4.69) is 19.1 Å². The second-order valence-corrected chi connectivity index (χ2v) is 14.8. The Morgan fingerprint density at radius 2 is 1.34 bits per heavy atom. The van der Waals surface area contributed by atoms with E-state index >= 15 is 0 Å². The summed E-state index contributed by atoms with van der Waals surface area (Å²) in [4.78, 5) is 75.2. The maximum atomic E-state index is 14.9. The van der Waals surface area contributed by atoms with Crippen LogP contribution in [0.4, 0.5) is 13.2 Å². The average molecular weight is 820 g/mol. The number of alkyl halides is 2. The van der Waals surface area contributed by atoms with Gasteiger partial charge in [0.2, 0.25) is 0 Å². The molecule has 0 aliphatic carbocycles. The molecule has 310 valence electrons. The van der Waals surface area contributed by atoms with Gasteiger partial charge in [-0.05, 0) is 57.2 Å². The molecule has 0 radical (unpaired) electrons. The number of nitrogens with zero attached hydrogens (tertiary/aromatic N) is 7. The minimum Gasteiger partial charge on any atom is -0.473 e. The van der Waals surface area contributed by atoms with Crippen molar-refractivity contribution >= 4 is 22.1 Å². The summed E-state index contributed by atoms with van der Waals surface area (Å²) >= 11 is 0. The molecule has 2 saturated heterocycles. The Labute approximate surface area is 317 Å². The summed E-state index contributed by atoms with van der Waals surface area (Å²) < 4.78 is 77.2. The van der Waals surface area contributed by atoms with Gasteiger partial charge in [-0.15, -0.1) is 0 Å². The summed E-state index contributed by atoms with van der Waals surface area (Å²) in [5, 5.41) is 14.8. The van der Waals surface area contributed by atoms with Crippen molar-refractivity contribution in [2.75, 3.05) is 19.4 Å². The van der Waals surface area contributed by atoms with Crippen molar-refractivity contribution in [3.63, 3.8) is 0 Å². The highest BCUT2D eigenvalue weighted by Gasteiger charge is 2.42. The summed E-state index contributed by atoms with van der Waals surface area (Å²) in [5.74, 6) is -3.42. The predicted molar refractivity (Wildman–Crippen MR) is 191 cm³/mol. The molecular formula is C33H44F3N7O12S. The first kappa shape index (κ1) is 45.4. The maximum Gasteiger partial charge on any atom is 0.414 e. The smallest absolute Gasteiger partial charge is 0.414 e. The van der Waals surface area contributed by atoms with Gasteiger partial charge in [0.15, 0.2) is 0 Å². The molecule has 0 amide bonds. The molecule has 2 unspecified atom stereocenters. The Morgan fingerprint density at radius 3 is 1.79 bits per heavy atom. The zero-order valence-corrected chi connectivity index (χ0v) is 32.0. The lowest BCUT2D eigenvalue weighted by Crippen LogP contribution is -2.50. The van der Waals surface area contributed by atoms with E-state index in [1.807, 2.05) is 6.07 Å². The number of aryl methyl sites for hydroxylation is 2. The topological polar surface area (TPSA) is 244 Å². The van der Waals surface area contributed by atoms with Crippen LogP contribution in [0.25, 0.3) is 0 Å².